The van der Waals surface area contributed by atoms with E-state index < -0.39 is 5.60 Å². The number of amides is 1. The minimum atomic E-state index is -1.02. The third kappa shape index (κ3) is 3.37. The van der Waals surface area contributed by atoms with Crippen molar-refractivity contribution >= 4 is 23.0 Å². The Hall–Kier alpha value is -2.54. The van der Waals surface area contributed by atoms with Crippen LogP contribution in [0.25, 0.3) is 11.3 Å². The zero-order valence-corrected chi connectivity index (χ0v) is 12.8. The molecule has 0 bridgehead atoms. The topological polar surface area (TPSA) is 96.1 Å². The molecule has 2 heterocycles. The molecule has 2 aromatic rings. The van der Waals surface area contributed by atoms with Crippen molar-refractivity contribution in [1.82, 2.24) is 9.61 Å². The van der Waals surface area contributed by atoms with E-state index in [1.165, 1.54) is 17.6 Å². The summed E-state index contributed by atoms with van der Waals surface area (Å²) in [6, 6.07) is 3.33. The number of aromatic nitrogens is 2. The van der Waals surface area contributed by atoms with Gasteiger partial charge in [0.25, 0.3) is 0 Å². The normalized spacial score (nSPS) is 11.5. The summed E-state index contributed by atoms with van der Waals surface area (Å²) in [7, 11) is 0. The van der Waals surface area contributed by atoms with Gasteiger partial charge in [0.1, 0.15) is 12.4 Å². The van der Waals surface area contributed by atoms with Crippen LogP contribution in [0.4, 0.5) is 5.82 Å². The second-order valence-corrected chi connectivity index (χ2v) is 5.63. The van der Waals surface area contributed by atoms with Gasteiger partial charge in [0, 0.05) is 6.92 Å². The Morgan fingerprint density at radius 1 is 1.50 bits per heavy atom. The maximum absolute atomic E-state index is 11.4. The van der Waals surface area contributed by atoms with Gasteiger partial charge in [0.15, 0.2) is 11.6 Å². The van der Waals surface area contributed by atoms with Crippen LogP contribution in [-0.2, 0) is 4.79 Å². The van der Waals surface area contributed by atoms with Gasteiger partial charge in [0.05, 0.1) is 22.9 Å². The number of carbonyl (C=O) groups excluding carboxylic acids is 1. The highest BCUT2D eigenvalue weighted by atomic mass is 16.5. The largest absolute Gasteiger partial charge is 0.508 e. The van der Waals surface area contributed by atoms with Crippen molar-refractivity contribution in [2.75, 3.05) is 11.9 Å². The van der Waals surface area contributed by atoms with Gasteiger partial charge in [-0.05, 0) is 26.0 Å². The fraction of sp³-hybridized carbons (Fsp3) is 0.333. The number of rotatable bonds is 5. The molecule has 0 aliphatic rings. The van der Waals surface area contributed by atoms with Gasteiger partial charge in [-0.3, -0.25) is 4.79 Å². The molecule has 0 aliphatic carbocycles. The number of aliphatic hydroxyl groups is 2. The van der Waals surface area contributed by atoms with Crippen LogP contribution in [0.15, 0.2) is 24.9 Å². The molecule has 7 nitrogen and oxygen atoms in total. The van der Waals surface area contributed by atoms with E-state index >= 15 is 0 Å². The third-order valence-electron chi connectivity index (χ3n) is 2.83. The van der Waals surface area contributed by atoms with E-state index in [0.29, 0.717) is 22.6 Å². The molecular weight excluding hydrogens is 286 g/mol. The predicted octanol–water partition coefficient (Wildman–Crippen LogP) is 1.97. The highest BCUT2D eigenvalue weighted by molar-refractivity contribution is 5.90. The molecule has 0 unspecified atom stereocenters. The van der Waals surface area contributed by atoms with Gasteiger partial charge < -0.3 is 20.3 Å². The lowest BCUT2D eigenvalue weighted by Crippen LogP contribution is -2.28. The molecule has 0 spiro atoms. The van der Waals surface area contributed by atoms with Gasteiger partial charge in [-0.15, -0.1) is 0 Å². The quantitative estimate of drug-likeness (QED) is 0.734. The van der Waals surface area contributed by atoms with E-state index in [0.717, 1.165) is 0 Å². The number of fused-ring (bicyclic) bond motifs is 1. The molecule has 7 heteroatoms. The highest BCUT2D eigenvalue weighted by Crippen LogP contribution is 2.29. The van der Waals surface area contributed by atoms with Gasteiger partial charge in [-0.2, -0.15) is 5.10 Å². The van der Waals surface area contributed by atoms with Crippen LogP contribution >= 0.6 is 0 Å². The second-order valence-electron chi connectivity index (χ2n) is 5.63. The molecule has 0 fully saturated rings. The van der Waals surface area contributed by atoms with Crippen LogP contribution in [0.3, 0.4) is 0 Å². The molecule has 22 heavy (non-hydrogen) atoms. The molecule has 0 aromatic carbocycles. The Labute approximate surface area is 127 Å². The summed E-state index contributed by atoms with van der Waals surface area (Å²) >= 11 is 0. The summed E-state index contributed by atoms with van der Waals surface area (Å²) in [5, 5.41) is 26.1. The smallest absolute Gasteiger partial charge is 0.222 e. The summed E-state index contributed by atoms with van der Waals surface area (Å²) in [4.78, 5) is 11.4. The summed E-state index contributed by atoms with van der Waals surface area (Å²) in [5.41, 5.74) is 0.0180. The molecule has 2 aromatic heterocycles. The number of aliphatic hydroxyl groups excluding tert-OH is 1. The van der Waals surface area contributed by atoms with E-state index in [9.17, 15) is 15.0 Å². The number of hydrogen-bond acceptors (Lipinski definition) is 5. The maximum atomic E-state index is 11.4. The average Bonchev–Trinajstić information content (AvgIpc) is 2.80. The van der Waals surface area contributed by atoms with Crippen LogP contribution in [0.2, 0.25) is 0 Å². The van der Waals surface area contributed by atoms with Gasteiger partial charge >= 0.3 is 0 Å². The highest BCUT2D eigenvalue weighted by Gasteiger charge is 2.18. The summed E-state index contributed by atoms with van der Waals surface area (Å²) in [6.45, 7) is 8.13. The van der Waals surface area contributed by atoms with Crippen molar-refractivity contribution in [2.24, 2.45) is 0 Å². The minimum Gasteiger partial charge on any atom is -0.508 e. The fourth-order valence-corrected chi connectivity index (χ4v) is 1.91. The lowest BCUT2D eigenvalue weighted by Gasteiger charge is -2.19. The minimum absolute atomic E-state index is 0.0475. The van der Waals surface area contributed by atoms with Gasteiger partial charge in [-0.25, -0.2) is 4.52 Å². The number of pyridine rings is 1. The van der Waals surface area contributed by atoms with E-state index in [4.69, 9.17) is 4.74 Å². The molecule has 0 aliphatic heterocycles. The molecule has 118 valence electrons. The van der Waals surface area contributed by atoms with Crippen molar-refractivity contribution in [3.05, 3.63) is 30.5 Å². The standard InChI is InChI=1S/C15H19N3O4/c1-9(19)11-7-16-18-12(11)5-6-13(14(18)17-10(2)20)22-8-15(3,4)21/h5-7,19,21H,1,8H2,2-4H3,(H,17,20). The van der Waals surface area contributed by atoms with E-state index in [2.05, 4.69) is 17.0 Å². The fourth-order valence-electron chi connectivity index (χ4n) is 1.91. The second kappa shape index (κ2) is 5.69. The lowest BCUT2D eigenvalue weighted by molar-refractivity contribution is -0.114. The SMILES string of the molecule is C=C(O)c1cnn2c(NC(C)=O)c(OCC(C)(C)O)ccc12. The Bertz CT molecular complexity index is 728. The third-order valence-corrected chi connectivity index (χ3v) is 2.83. The first kappa shape index (κ1) is 15.8. The zero-order chi connectivity index (χ0) is 16.5. The number of carbonyl (C=O) groups is 1. The molecule has 0 radical (unpaired) electrons. The van der Waals surface area contributed by atoms with Crippen molar-refractivity contribution in [3.63, 3.8) is 0 Å². The van der Waals surface area contributed by atoms with Crippen LogP contribution < -0.4 is 10.1 Å². The summed E-state index contributed by atoms with van der Waals surface area (Å²) in [6.07, 6.45) is 1.45. The Balaban J connectivity index is 2.52. The summed E-state index contributed by atoms with van der Waals surface area (Å²) in [5.74, 6) is 0.277. The number of hydrogen-bond donors (Lipinski definition) is 3. The Morgan fingerprint density at radius 3 is 2.73 bits per heavy atom. The van der Waals surface area contributed by atoms with Gasteiger partial charge in [0.2, 0.25) is 5.91 Å². The van der Waals surface area contributed by atoms with Crippen LogP contribution in [0.5, 0.6) is 5.75 Å². The Kier molecular flexibility index (Phi) is 4.09. The molecule has 3 N–H and O–H groups in total. The molecule has 2 rings (SSSR count). The molecule has 0 saturated heterocycles. The van der Waals surface area contributed by atoms with Crippen molar-refractivity contribution in [3.8, 4) is 5.75 Å². The molecule has 1 amide bonds. The van der Waals surface area contributed by atoms with E-state index in [1.807, 2.05) is 0 Å². The van der Waals surface area contributed by atoms with Crippen molar-refractivity contribution < 1.29 is 19.7 Å². The number of nitrogens with one attached hydrogen (secondary N) is 1. The van der Waals surface area contributed by atoms with E-state index in [-0.39, 0.29) is 18.3 Å². The number of ether oxygens (including phenoxy) is 1. The Morgan fingerprint density at radius 2 is 2.18 bits per heavy atom. The molecular formula is C15H19N3O4. The first-order valence-electron chi connectivity index (χ1n) is 6.71. The molecule has 0 atom stereocenters. The number of anilines is 1. The number of nitrogens with zero attached hydrogens (tertiary/aromatic N) is 2. The average molecular weight is 305 g/mol. The van der Waals surface area contributed by atoms with Crippen LogP contribution in [0.1, 0.15) is 26.3 Å². The zero-order valence-electron chi connectivity index (χ0n) is 12.8. The first-order valence-corrected chi connectivity index (χ1v) is 6.71. The monoisotopic (exact) mass is 305 g/mol. The lowest BCUT2D eigenvalue weighted by atomic mass is 10.2. The predicted molar refractivity (Wildman–Crippen MR) is 83.0 cm³/mol. The van der Waals surface area contributed by atoms with Crippen molar-refractivity contribution in [2.45, 2.75) is 26.4 Å². The summed E-state index contributed by atoms with van der Waals surface area (Å²) < 4.78 is 7.01. The maximum Gasteiger partial charge on any atom is 0.222 e. The van der Waals surface area contributed by atoms with E-state index in [1.54, 1.807) is 26.0 Å². The van der Waals surface area contributed by atoms with Crippen LogP contribution in [-0.4, -0.2) is 37.9 Å². The van der Waals surface area contributed by atoms with Gasteiger partial charge in [-0.1, -0.05) is 6.58 Å². The van der Waals surface area contributed by atoms with Crippen LogP contribution in [0, 0.1) is 0 Å². The first-order chi connectivity index (χ1) is 10.2. The molecule has 0 saturated carbocycles. The van der Waals surface area contributed by atoms with Crippen molar-refractivity contribution in [1.29, 1.82) is 0 Å².